The fraction of sp³-hybridized carbons (Fsp3) is 0.828. The van der Waals surface area contributed by atoms with Gasteiger partial charge in [-0.25, -0.2) is 4.79 Å². The SMILES string of the molecule is CCCN(CCC)C1CC(C(=O)NC(C#N)CC2CCNC2=O)N(C(=O)C(NC(=O)NC(C)(C)C)C(C)(C)C)C1. The van der Waals surface area contributed by atoms with Crippen LogP contribution in [0, 0.1) is 22.7 Å². The minimum atomic E-state index is -0.872. The minimum Gasteiger partial charge on any atom is -0.356 e. The average Bonchev–Trinajstić information content (AvgIpc) is 3.46. The molecule has 2 saturated heterocycles. The van der Waals surface area contributed by atoms with Gasteiger partial charge >= 0.3 is 6.03 Å². The Hall–Kier alpha value is -2.87. The normalized spacial score (nSPS) is 22.9. The Bertz CT molecular complexity index is 943. The monoisotopic (exact) mass is 561 g/mol. The maximum absolute atomic E-state index is 14.1. The predicted octanol–water partition coefficient (Wildman–Crippen LogP) is 2.12. The Balaban J connectivity index is 2.33. The van der Waals surface area contributed by atoms with E-state index < -0.39 is 41.0 Å². The van der Waals surface area contributed by atoms with Crippen molar-refractivity contribution < 1.29 is 19.2 Å². The molecule has 11 nitrogen and oxygen atoms in total. The van der Waals surface area contributed by atoms with Gasteiger partial charge in [0.15, 0.2) is 0 Å². The van der Waals surface area contributed by atoms with Gasteiger partial charge in [0.1, 0.15) is 18.1 Å². The molecule has 2 aliphatic heterocycles. The van der Waals surface area contributed by atoms with Crippen molar-refractivity contribution >= 4 is 23.8 Å². The molecule has 0 aromatic rings. The molecule has 40 heavy (non-hydrogen) atoms. The van der Waals surface area contributed by atoms with E-state index in [-0.39, 0.29) is 30.2 Å². The highest BCUT2D eigenvalue weighted by Gasteiger charge is 2.46. The molecule has 0 aliphatic carbocycles. The lowest BCUT2D eigenvalue weighted by Gasteiger charge is -2.36. The van der Waals surface area contributed by atoms with Gasteiger partial charge in [-0.2, -0.15) is 5.26 Å². The van der Waals surface area contributed by atoms with Gasteiger partial charge < -0.3 is 26.2 Å². The zero-order valence-electron chi connectivity index (χ0n) is 25.7. The fourth-order valence-corrected chi connectivity index (χ4v) is 5.51. The largest absolute Gasteiger partial charge is 0.356 e. The van der Waals surface area contributed by atoms with Crippen LogP contribution < -0.4 is 21.3 Å². The van der Waals surface area contributed by atoms with E-state index in [2.05, 4.69) is 46.1 Å². The predicted molar refractivity (Wildman–Crippen MR) is 154 cm³/mol. The molecular formula is C29H51N7O4. The van der Waals surface area contributed by atoms with Gasteiger partial charge in [-0.05, 0) is 71.4 Å². The number of hydrogen-bond acceptors (Lipinski definition) is 6. The van der Waals surface area contributed by atoms with Crippen molar-refractivity contribution in [3.05, 3.63) is 0 Å². The zero-order valence-corrected chi connectivity index (χ0v) is 25.7. The lowest BCUT2D eigenvalue weighted by Crippen LogP contribution is -2.60. The second kappa shape index (κ2) is 14.2. The summed E-state index contributed by atoms with van der Waals surface area (Å²) >= 11 is 0. The molecule has 5 amide bonds. The van der Waals surface area contributed by atoms with Crippen molar-refractivity contribution in [1.29, 1.82) is 5.26 Å². The molecule has 5 atom stereocenters. The van der Waals surface area contributed by atoms with E-state index in [4.69, 9.17) is 0 Å². The van der Waals surface area contributed by atoms with E-state index in [0.29, 0.717) is 25.9 Å². The van der Waals surface area contributed by atoms with Crippen molar-refractivity contribution in [1.82, 2.24) is 31.1 Å². The van der Waals surface area contributed by atoms with Crippen molar-refractivity contribution in [3.63, 3.8) is 0 Å². The maximum Gasteiger partial charge on any atom is 0.315 e. The van der Waals surface area contributed by atoms with Crippen molar-refractivity contribution in [3.8, 4) is 6.07 Å². The quantitative estimate of drug-likeness (QED) is 0.304. The Morgan fingerprint density at radius 1 is 1.10 bits per heavy atom. The van der Waals surface area contributed by atoms with Crippen LogP contribution in [0.25, 0.3) is 0 Å². The van der Waals surface area contributed by atoms with Crippen LogP contribution in [0.2, 0.25) is 0 Å². The summed E-state index contributed by atoms with van der Waals surface area (Å²) in [7, 11) is 0. The van der Waals surface area contributed by atoms with Crippen LogP contribution in [-0.2, 0) is 14.4 Å². The molecule has 0 aromatic carbocycles. The van der Waals surface area contributed by atoms with E-state index in [9.17, 15) is 24.4 Å². The molecule has 2 heterocycles. The van der Waals surface area contributed by atoms with Gasteiger partial charge in [-0.15, -0.1) is 0 Å². The smallest absolute Gasteiger partial charge is 0.315 e. The first-order chi connectivity index (χ1) is 18.6. The third-order valence-electron chi connectivity index (χ3n) is 7.44. The molecule has 0 aromatic heterocycles. The van der Waals surface area contributed by atoms with Gasteiger partial charge in [0.25, 0.3) is 0 Å². The van der Waals surface area contributed by atoms with Crippen molar-refractivity contribution in [2.75, 3.05) is 26.2 Å². The van der Waals surface area contributed by atoms with E-state index in [0.717, 1.165) is 25.9 Å². The molecule has 226 valence electrons. The Morgan fingerprint density at radius 3 is 2.20 bits per heavy atom. The Kier molecular flexibility index (Phi) is 11.8. The van der Waals surface area contributed by atoms with Gasteiger partial charge in [-0.3, -0.25) is 19.3 Å². The van der Waals surface area contributed by atoms with Crippen molar-refractivity contribution in [2.24, 2.45) is 11.3 Å². The number of amides is 5. The lowest BCUT2D eigenvalue weighted by molar-refractivity contribution is -0.142. The van der Waals surface area contributed by atoms with Crippen LogP contribution in [0.4, 0.5) is 4.79 Å². The number of nitrogens with zero attached hydrogens (tertiary/aromatic N) is 3. The number of carbonyl (C=O) groups is 4. The molecule has 0 radical (unpaired) electrons. The summed E-state index contributed by atoms with van der Waals surface area (Å²) in [6.45, 7) is 18.1. The third-order valence-corrected chi connectivity index (χ3v) is 7.44. The second-order valence-electron chi connectivity index (χ2n) is 13.3. The summed E-state index contributed by atoms with van der Waals surface area (Å²) in [6.07, 6.45) is 3.18. The number of nitrogens with one attached hydrogen (secondary N) is 4. The van der Waals surface area contributed by atoms with Gasteiger partial charge in [0.2, 0.25) is 17.7 Å². The van der Waals surface area contributed by atoms with E-state index in [1.54, 1.807) is 4.90 Å². The average molecular weight is 562 g/mol. The van der Waals surface area contributed by atoms with Gasteiger partial charge in [0, 0.05) is 30.6 Å². The topological polar surface area (TPSA) is 147 Å². The van der Waals surface area contributed by atoms with Gasteiger partial charge in [-0.1, -0.05) is 34.6 Å². The fourth-order valence-electron chi connectivity index (χ4n) is 5.51. The van der Waals surface area contributed by atoms with E-state index in [1.807, 2.05) is 41.5 Å². The summed E-state index contributed by atoms with van der Waals surface area (Å²) in [5.74, 6) is -1.15. The molecule has 4 N–H and O–H groups in total. The van der Waals surface area contributed by atoms with E-state index >= 15 is 0 Å². The lowest BCUT2D eigenvalue weighted by atomic mass is 9.85. The van der Waals surface area contributed by atoms with Crippen LogP contribution in [0.15, 0.2) is 0 Å². The highest BCUT2D eigenvalue weighted by molar-refractivity contribution is 5.93. The minimum absolute atomic E-state index is 0.0234. The first kappa shape index (κ1) is 33.3. The number of nitriles is 1. The Morgan fingerprint density at radius 2 is 1.73 bits per heavy atom. The third kappa shape index (κ3) is 9.36. The number of rotatable bonds is 11. The summed E-state index contributed by atoms with van der Waals surface area (Å²) in [5.41, 5.74) is -1.11. The highest BCUT2D eigenvalue weighted by Crippen LogP contribution is 2.29. The van der Waals surface area contributed by atoms with Crippen LogP contribution >= 0.6 is 0 Å². The molecule has 0 saturated carbocycles. The number of hydrogen-bond donors (Lipinski definition) is 4. The number of likely N-dealkylation sites (tertiary alicyclic amines) is 1. The molecule has 2 aliphatic rings. The first-order valence-corrected chi connectivity index (χ1v) is 14.7. The number of urea groups is 1. The van der Waals surface area contributed by atoms with Crippen molar-refractivity contribution in [2.45, 2.75) is 117 Å². The second-order valence-corrected chi connectivity index (χ2v) is 13.3. The molecule has 5 unspecified atom stereocenters. The highest BCUT2D eigenvalue weighted by atomic mass is 16.2. The molecule has 0 bridgehead atoms. The van der Waals surface area contributed by atoms with Crippen LogP contribution in [-0.4, -0.2) is 89.4 Å². The van der Waals surface area contributed by atoms with Crippen LogP contribution in [0.5, 0.6) is 0 Å². The molecule has 2 fully saturated rings. The standard InChI is InChI=1S/C29H51N7O4/c1-9-13-35(14-10-2)21-16-22(25(38)32-20(17-30)15-19-11-12-31-24(19)37)36(18-21)26(39)23(28(3,4)5)33-27(40)34-29(6,7)8/h19-23H,9-16,18H2,1-8H3,(H,31,37)(H,32,38)(H2,33,34,40). The summed E-state index contributed by atoms with van der Waals surface area (Å²) in [4.78, 5) is 56.6. The molecule has 0 spiro atoms. The zero-order chi connectivity index (χ0) is 30.3. The Labute approximate surface area is 240 Å². The first-order valence-electron chi connectivity index (χ1n) is 14.7. The summed E-state index contributed by atoms with van der Waals surface area (Å²) < 4.78 is 0. The molecule has 11 heteroatoms. The van der Waals surface area contributed by atoms with Crippen LogP contribution in [0.1, 0.15) is 87.5 Å². The van der Waals surface area contributed by atoms with E-state index in [1.165, 1.54) is 0 Å². The maximum atomic E-state index is 14.1. The summed E-state index contributed by atoms with van der Waals surface area (Å²) in [5, 5.41) is 21.1. The number of carbonyl (C=O) groups excluding carboxylic acids is 4. The van der Waals surface area contributed by atoms with Gasteiger partial charge in [0.05, 0.1) is 6.07 Å². The van der Waals surface area contributed by atoms with Crippen LogP contribution in [0.3, 0.4) is 0 Å². The molecular weight excluding hydrogens is 510 g/mol. The molecule has 2 rings (SSSR count). The summed E-state index contributed by atoms with van der Waals surface area (Å²) in [6, 6.07) is -0.849.